The SMILES string of the molecule is COC(=O)CCSC[C@H](NC(C)=O)C(=O)O. The fraction of sp³-hybridized carbons (Fsp3) is 0.667. The maximum Gasteiger partial charge on any atom is 0.327 e. The Morgan fingerprint density at radius 2 is 2.06 bits per heavy atom. The number of carboxylic acid groups (broad SMARTS) is 1. The molecule has 0 aromatic carbocycles. The van der Waals surface area contributed by atoms with Crippen molar-refractivity contribution in [3.05, 3.63) is 0 Å². The highest BCUT2D eigenvalue weighted by atomic mass is 32.2. The number of rotatable bonds is 7. The van der Waals surface area contributed by atoms with Crippen LogP contribution < -0.4 is 5.32 Å². The number of aliphatic carboxylic acids is 1. The van der Waals surface area contributed by atoms with E-state index in [1.807, 2.05) is 0 Å². The Hall–Kier alpha value is -1.24. The van der Waals surface area contributed by atoms with Crippen LogP contribution in [0.5, 0.6) is 0 Å². The molecule has 2 N–H and O–H groups in total. The number of hydrogen-bond donors (Lipinski definition) is 2. The molecular weight excluding hydrogens is 234 g/mol. The average molecular weight is 249 g/mol. The summed E-state index contributed by atoms with van der Waals surface area (Å²) in [7, 11) is 1.30. The molecule has 0 rings (SSSR count). The molecule has 0 aliphatic heterocycles. The summed E-state index contributed by atoms with van der Waals surface area (Å²) in [5.74, 6) is -1.11. The van der Waals surface area contributed by atoms with E-state index in [4.69, 9.17) is 5.11 Å². The number of carbonyl (C=O) groups excluding carboxylic acids is 2. The molecule has 1 atom stereocenters. The molecule has 0 aliphatic rings. The van der Waals surface area contributed by atoms with E-state index >= 15 is 0 Å². The molecule has 6 nitrogen and oxygen atoms in total. The van der Waals surface area contributed by atoms with E-state index in [0.29, 0.717) is 5.75 Å². The van der Waals surface area contributed by atoms with Crippen molar-refractivity contribution in [2.75, 3.05) is 18.6 Å². The first-order valence-corrected chi connectivity index (χ1v) is 5.77. The predicted molar refractivity (Wildman–Crippen MR) is 59.2 cm³/mol. The van der Waals surface area contributed by atoms with Gasteiger partial charge in [0.1, 0.15) is 6.04 Å². The Labute approximate surface area is 97.7 Å². The third-order valence-corrected chi connectivity index (χ3v) is 2.70. The van der Waals surface area contributed by atoms with Crippen molar-refractivity contribution >= 4 is 29.6 Å². The Kier molecular flexibility index (Phi) is 7.36. The van der Waals surface area contributed by atoms with Crippen LogP contribution in [0.15, 0.2) is 0 Å². The van der Waals surface area contributed by atoms with Crippen LogP contribution in [-0.2, 0) is 19.1 Å². The highest BCUT2D eigenvalue weighted by Crippen LogP contribution is 2.06. The van der Waals surface area contributed by atoms with Crippen molar-refractivity contribution in [2.24, 2.45) is 0 Å². The number of hydrogen-bond acceptors (Lipinski definition) is 5. The first kappa shape index (κ1) is 14.8. The number of esters is 1. The van der Waals surface area contributed by atoms with Crippen LogP contribution in [0.3, 0.4) is 0 Å². The number of methoxy groups -OCH3 is 1. The maximum absolute atomic E-state index is 10.7. The quantitative estimate of drug-likeness (QED) is 0.482. The summed E-state index contributed by atoms with van der Waals surface area (Å²) in [4.78, 5) is 32.1. The Morgan fingerprint density at radius 1 is 1.44 bits per heavy atom. The number of carbonyl (C=O) groups is 3. The van der Waals surface area contributed by atoms with Gasteiger partial charge in [-0.1, -0.05) is 0 Å². The average Bonchev–Trinajstić information content (AvgIpc) is 2.21. The third-order valence-electron chi connectivity index (χ3n) is 1.64. The van der Waals surface area contributed by atoms with Crippen molar-refractivity contribution in [3.63, 3.8) is 0 Å². The molecule has 7 heteroatoms. The molecule has 0 aromatic rings. The van der Waals surface area contributed by atoms with E-state index < -0.39 is 12.0 Å². The zero-order valence-corrected chi connectivity index (χ0v) is 10.0. The molecule has 1 amide bonds. The first-order chi connectivity index (χ1) is 7.47. The molecule has 0 bridgehead atoms. The van der Waals surface area contributed by atoms with Crippen molar-refractivity contribution < 1.29 is 24.2 Å². The summed E-state index contributed by atoms with van der Waals surface area (Å²) in [5, 5.41) is 11.1. The van der Waals surface area contributed by atoms with Crippen LogP contribution >= 0.6 is 11.8 Å². The van der Waals surface area contributed by atoms with Crippen LogP contribution in [0.2, 0.25) is 0 Å². The van der Waals surface area contributed by atoms with Crippen LogP contribution in [0.25, 0.3) is 0 Å². The monoisotopic (exact) mass is 249 g/mol. The zero-order chi connectivity index (χ0) is 12.6. The molecule has 92 valence electrons. The molecule has 0 radical (unpaired) electrons. The molecular formula is C9H15NO5S. The summed E-state index contributed by atoms with van der Waals surface area (Å²) in [6.07, 6.45) is 0.230. The van der Waals surface area contributed by atoms with Gasteiger partial charge in [0.25, 0.3) is 0 Å². The minimum atomic E-state index is -1.08. The van der Waals surface area contributed by atoms with E-state index in [1.54, 1.807) is 0 Å². The lowest BCUT2D eigenvalue weighted by Crippen LogP contribution is -2.41. The molecule has 0 aromatic heterocycles. The van der Waals surface area contributed by atoms with Gasteiger partial charge in [0.05, 0.1) is 13.5 Å². The van der Waals surface area contributed by atoms with Gasteiger partial charge in [-0.3, -0.25) is 9.59 Å². The molecule has 0 saturated heterocycles. The molecule has 0 heterocycles. The zero-order valence-electron chi connectivity index (χ0n) is 9.19. The first-order valence-electron chi connectivity index (χ1n) is 4.61. The van der Waals surface area contributed by atoms with Gasteiger partial charge in [0, 0.05) is 18.4 Å². The summed E-state index contributed by atoms with van der Waals surface area (Å²) >= 11 is 1.28. The van der Waals surface area contributed by atoms with Gasteiger partial charge in [-0.05, 0) is 0 Å². The molecule has 0 aliphatic carbocycles. The highest BCUT2D eigenvalue weighted by Gasteiger charge is 2.17. The van der Waals surface area contributed by atoms with Crippen LogP contribution in [0.4, 0.5) is 0 Å². The lowest BCUT2D eigenvalue weighted by Gasteiger charge is -2.12. The summed E-state index contributed by atoms with van der Waals surface area (Å²) in [6.45, 7) is 1.26. The number of thioether (sulfide) groups is 1. The Balaban J connectivity index is 3.81. The van der Waals surface area contributed by atoms with Crippen molar-refractivity contribution in [1.82, 2.24) is 5.32 Å². The van der Waals surface area contributed by atoms with E-state index in [1.165, 1.54) is 25.8 Å². The lowest BCUT2D eigenvalue weighted by atomic mass is 10.3. The lowest BCUT2D eigenvalue weighted by molar-refractivity contribution is -0.141. The summed E-state index contributed by atoms with van der Waals surface area (Å²) in [5.41, 5.74) is 0. The van der Waals surface area contributed by atoms with E-state index in [0.717, 1.165) is 0 Å². The number of ether oxygens (including phenoxy) is 1. The standard InChI is InChI=1S/C9H15NO5S/c1-6(11)10-7(9(13)14)5-16-4-3-8(12)15-2/h7H,3-5H2,1-2H3,(H,10,11)(H,13,14)/t7-/m0/s1. The maximum atomic E-state index is 10.7. The van der Waals surface area contributed by atoms with E-state index in [2.05, 4.69) is 10.1 Å². The largest absolute Gasteiger partial charge is 0.480 e. The van der Waals surface area contributed by atoms with Gasteiger partial charge >= 0.3 is 11.9 Å². The van der Waals surface area contributed by atoms with E-state index in [9.17, 15) is 14.4 Å². The minimum absolute atomic E-state index is 0.228. The van der Waals surface area contributed by atoms with Gasteiger partial charge in [-0.15, -0.1) is 0 Å². The molecule has 0 spiro atoms. The fourth-order valence-corrected chi connectivity index (χ4v) is 1.82. The van der Waals surface area contributed by atoms with Gasteiger partial charge in [-0.25, -0.2) is 4.79 Å². The van der Waals surface area contributed by atoms with Crippen LogP contribution in [0.1, 0.15) is 13.3 Å². The number of amides is 1. The number of carboxylic acids is 1. The topological polar surface area (TPSA) is 92.7 Å². The second-order valence-corrected chi connectivity index (χ2v) is 4.14. The molecule has 16 heavy (non-hydrogen) atoms. The molecule has 0 fully saturated rings. The van der Waals surface area contributed by atoms with Gasteiger partial charge < -0.3 is 15.2 Å². The van der Waals surface area contributed by atoms with Gasteiger partial charge in [0.2, 0.25) is 5.91 Å². The highest BCUT2D eigenvalue weighted by molar-refractivity contribution is 7.99. The Bertz CT molecular complexity index is 269. The second kappa shape index (κ2) is 7.98. The molecule has 0 saturated carbocycles. The van der Waals surface area contributed by atoms with Crippen LogP contribution in [-0.4, -0.2) is 47.6 Å². The normalized spacial score (nSPS) is 11.6. The fourth-order valence-electron chi connectivity index (χ4n) is 0.879. The number of nitrogens with one attached hydrogen (secondary N) is 1. The Morgan fingerprint density at radius 3 is 2.50 bits per heavy atom. The van der Waals surface area contributed by atoms with Crippen LogP contribution in [0, 0.1) is 0 Å². The van der Waals surface area contributed by atoms with Crippen molar-refractivity contribution in [2.45, 2.75) is 19.4 Å². The smallest absolute Gasteiger partial charge is 0.327 e. The van der Waals surface area contributed by atoms with Crippen molar-refractivity contribution in [1.29, 1.82) is 0 Å². The summed E-state index contributed by atoms with van der Waals surface area (Å²) < 4.78 is 4.43. The third kappa shape index (κ3) is 7.10. The summed E-state index contributed by atoms with van der Waals surface area (Å²) in [6, 6.07) is -0.917. The minimum Gasteiger partial charge on any atom is -0.480 e. The van der Waals surface area contributed by atoms with Gasteiger partial charge in [0.15, 0.2) is 0 Å². The predicted octanol–water partition coefficient (Wildman–Crippen LogP) is -0.128. The van der Waals surface area contributed by atoms with E-state index in [-0.39, 0.29) is 24.1 Å². The molecule has 0 unspecified atom stereocenters. The second-order valence-electron chi connectivity index (χ2n) is 2.99. The van der Waals surface area contributed by atoms with Gasteiger partial charge in [-0.2, -0.15) is 11.8 Å². The van der Waals surface area contributed by atoms with Crippen molar-refractivity contribution in [3.8, 4) is 0 Å².